The van der Waals surface area contributed by atoms with E-state index in [4.69, 9.17) is 0 Å². The average molecular weight is 839 g/mol. The summed E-state index contributed by atoms with van der Waals surface area (Å²) in [6, 6.07) is 0. The highest BCUT2D eigenvalue weighted by molar-refractivity contribution is 6.18. The summed E-state index contributed by atoms with van der Waals surface area (Å²) < 4.78 is 0. The number of rotatable bonds is 1. The van der Waals surface area contributed by atoms with Crippen LogP contribution in [0.2, 0.25) is 5.31 Å². The van der Waals surface area contributed by atoms with Gasteiger partial charge in [-0.1, -0.05) is 266 Å². The van der Waals surface area contributed by atoms with Gasteiger partial charge in [0.2, 0.25) is 0 Å². The Labute approximate surface area is 384 Å². The van der Waals surface area contributed by atoms with E-state index in [1.807, 2.05) is 0 Å². The van der Waals surface area contributed by atoms with Crippen molar-refractivity contribution >= 4 is 7.85 Å². The van der Waals surface area contributed by atoms with Crippen molar-refractivity contribution in [1.29, 1.82) is 0 Å². The Morgan fingerprint density at radius 3 is 0.934 bits per heavy atom. The molecule has 350 valence electrons. The van der Waals surface area contributed by atoms with E-state index in [9.17, 15) is 7.85 Å². The Kier molecular flexibility index (Phi) is 15.8. The molecule has 0 heterocycles. The molecule has 4 bridgehead atoms. The molecule has 0 aromatic rings. The molecule has 7 aliphatic rings. The summed E-state index contributed by atoms with van der Waals surface area (Å²) in [5.74, 6) is 0. The minimum atomic E-state index is -0.103. The summed E-state index contributed by atoms with van der Waals surface area (Å²) in [6.07, 6.45) is 62.7. The summed E-state index contributed by atoms with van der Waals surface area (Å²) in [6.45, 7) is 20.5. The van der Waals surface area contributed by atoms with Crippen LogP contribution in [0.1, 0.15) is 325 Å². The fraction of sp³-hybridized carbons (Fsp3) is 1.00. The fourth-order valence-electron chi connectivity index (χ4n) is 20.7. The smallest absolute Gasteiger partial charge is 0.0594 e. The minimum Gasteiger partial charge on any atom is -0.0594 e. The summed E-state index contributed by atoms with van der Waals surface area (Å²) in [5, 5.41) is -0.103. The van der Waals surface area contributed by atoms with Gasteiger partial charge >= 0.3 is 0 Å². The highest BCUT2D eigenvalue weighted by Gasteiger charge is 3.01. The van der Waals surface area contributed by atoms with Crippen LogP contribution in [0.25, 0.3) is 0 Å². The molecule has 0 nitrogen and oxygen atoms in total. The van der Waals surface area contributed by atoms with Gasteiger partial charge in [-0.3, -0.25) is 0 Å². The third kappa shape index (κ3) is 7.62. The molecular weight excluding hydrogens is 731 g/mol. The molecule has 0 N–H and O–H groups in total. The van der Waals surface area contributed by atoms with Gasteiger partial charge in [0.05, 0.1) is 7.85 Å². The molecule has 8 atom stereocenters. The summed E-state index contributed by atoms with van der Waals surface area (Å²) >= 11 is 0. The third-order valence-electron chi connectivity index (χ3n) is 23.9. The van der Waals surface area contributed by atoms with Gasteiger partial charge in [0.25, 0.3) is 0 Å². The van der Waals surface area contributed by atoms with E-state index in [1.165, 1.54) is 276 Å². The van der Waals surface area contributed by atoms with Gasteiger partial charge in [-0.25, -0.2) is 0 Å². The molecule has 61 heavy (non-hydrogen) atoms. The molecule has 0 amide bonds. The van der Waals surface area contributed by atoms with Gasteiger partial charge in [-0.05, 0) is 113 Å². The lowest BCUT2D eigenvalue weighted by Gasteiger charge is -3.04. The van der Waals surface area contributed by atoms with E-state index in [-0.39, 0.29) is 27.0 Å². The van der Waals surface area contributed by atoms with E-state index in [1.54, 1.807) is 0 Å². The first kappa shape index (κ1) is 49.0. The summed E-state index contributed by atoms with van der Waals surface area (Å²) in [7, 11) is 9.26. The number of fused-ring (bicyclic) bond motifs is 4. The van der Waals surface area contributed by atoms with Crippen LogP contribution in [0.3, 0.4) is 0 Å². The van der Waals surface area contributed by atoms with Crippen LogP contribution >= 0.6 is 0 Å². The monoisotopic (exact) mass is 839 g/mol. The second-order valence-electron chi connectivity index (χ2n) is 26.7. The van der Waals surface area contributed by atoms with E-state index >= 15 is 0 Å². The van der Waals surface area contributed by atoms with Gasteiger partial charge in [0.15, 0.2) is 0 Å². The Morgan fingerprint density at radius 2 is 0.525 bits per heavy atom. The van der Waals surface area contributed by atoms with Crippen molar-refractivity contribution in [3.05, 3.63) is 0 Å². The molecule has 2 radical (unpaired) electrons. The first-order valence-electron chi connectivity index (χ1n) is 29.0. The molecule has 1 spiro atoms. The standard InChI is InChI=1S/C60H107B/c1-51(2)41-33-25-19-13-10-8-9-11-15-22-28-38-46-55(6)58-48-40-30-24-16-12-14-20-26-36-44-53(4)49-59(58,60(55,61)50-56(51,53)7)57(52(3)42-34-31-32-35-43-52)47-39-29-23-18-17-21-27-37-45-54(57,58)5/h8-50H2,1-7H3. The van der Waals surface area contributed by atoms with Gasteiger partial charge < -0.3 is 0 Å². The third-order valence-corrected chi connectivity index (χ3v) is 23.9. The number of hydrogen-bond acceptors (Lipinski definition) is 0. The van der Waals surface area contributed by atoms with E-state index < -0.39 is 0 Å². The van der Waals surface area contributed by atoms with Crippen LogP contribution < -0.4 is 0 Å². The molecule has 0 saturated heterocycles. The maximum Gasteiger partial charge on any atom is 0.0762 e. The van der Waals surface area contributed by atoms with Crippen molar-refractivity contribution in [2.45, 2.75) is 330 Å². The van der Waals surface area contributed by atoms with Crippen molar-refractivity contribution in [2.75, 3.05) is 0 Å². The van der Waals surface area contributed by atoms with Crippen LogP contribution in [0.5, 0.6) is 0 Å². The highest BCUT2D eigenvalue weighted by Crippen LogP contribution is 3.09. The summed E-state index contributed by atoms with van der Waals surface area (Å²) in [4.78, 5) is 0. The average Bonchev–Trinajstić information content (AvgIpc) is 3.45. The zero-order valence-electron chi connectivity index (χ0n) is 43.0. The molecule has 7 aliphatic carbocycles. The molecular formula is C60H107B. The Balaban J connectivity index is 1.48. The lowest BCUT2D eigenvalue weighted by atomic mass is 8.97. The highest BCUT2D eigenvalue weighted by atomic mass is 15.0. The van der Waals surface area contributed by atoms with E-state index in [2.05, 4.69) is 48.5 Å². The Morgan fingerprint density at radius 1 is 0.230 bits per heavy atom. The predicted molar refractivity (Wildman–Crippen MR) is 269 cm³/mol. The Hall–Kier alpha value is 0.0649. The van der Waals surface area contributed by atoms with Gasteiger partial charge in [-0.15, -0.1) is 0 Å². The van der Waals surface area contributed by atoms with Crippen LogP contribution in [0.4, 0.5) is 0 Å². The molecule has 0 aromatic carbocycles. The maximum absolute atomic E-state index is 9.26. The summed E-state index contributed by atoms with van der Waals surface area (Å²) in [5.41, 5.74) is 2.69. The minimum absolute atomic E-state index is 0.103. The Bertz CT molecular complexity index is 1370. The lowest BCUT2D eigenvalue weighted by Crippen LogP contribution is -2.98. The fourth-order valence-corrected chi connectivity index (χ4v) is 20.7. The molecule has 7 saturated carbocycles. The van der Waals surface area contributed by atoms with Gasteiger partial charge in [0.1, 0.15) is 0 Å². The van der Waals surface area contributed by atoms with Crippen LogP contribution in [0, 0.1) is 48.7 Å². The van der Waals surface area contributed by atoms with Crippen molar-refractivity contribution in [3.8, 4) is 0 Å². The first-order chi connectivity index (χ1) is 29.2. The normalized spacial score (nSPS) is 45.6. The largest absolute Gasteiger partial charge is 0.0762 e. The van der Waals surface area contributed by atoms with Crippen molar-refractivity contribution < 1.29 is 0 Å². The number of hydrogen-bond donors (Lipinski definition) is 0. The zero-order valence-corrected chi connectivity index (χ0v) is 43.0. The van der Waals surface area contributed by atoms with E-state index in [0.717, 1.165) is 0 Å². The van der Waals surface area contributed by atoms with Crippen LogP contribution in [-0.2, 0) is 0 Å². The second kappa shape index (κ2) is 19.7. The van der Waals surface area contributed by atoms with Gasteiger partial charge in [-0.2, -0.15) is 0 Å². The molecule has 7 fully saturated rings. The molecule has 1 heteroatoms. The van der Waals surface area contributed by atoms with Crippen LogP contribution in [0.15, 0.2) is 0 Å². The maximum atomic E-state index is 9.26. The van der Waals surface area contributed by atoms with E-state index in [0.29, 0.717) is 27.1 Å². The molecule has 0 aromatic heterocycles. The van der Waals surface area contributed by atoms with Gasteiger partial charge in [0, 0.05) is 0 Å². The quantitative estimate of drug-likeness (QED) is 0.182. The van der Waals surface area contributed by atoms with Crippen LogP contribution in [-0.4, -0.2) is 7.85 Å². The van der Waals surface area contributed by atoms with Crippen molar-refractivity contribution in [2.24, 2.45) is 48.7 Å². The predicted octanol–water partition coefficient (Wildman–Crippen LogP) is 20.2. The molecule has 7 rings (SSSR count). The van der Waals surface area contributed by atoms with Crippen molar-refractivity contribution in [3.63, 3.8) is 0 Å². The topological polar surface area (TPSA) is 0 Å². The molecule has 8 unspecified atom stereocenters. The SMILES string of the molecule is [B]C12CC3(C)C(C)(C)CCCCCCCCCCCCCCC1(C)C14CCCCCCCCCCCC3(C)CC21C1(C2(C)CCCCCC2)CCCCCCCCCCC14C. The zero-order chi connectivity index (χ0) is 43.4. The second-order valence-corrected chi connectivity index (χ2v) is 26.7. The first-order valence-corrected chi connectivity index (χ1v) is 29.0. The lowest BCUT2D eigenvalue weighted by molar-refractivity contribution is -0.535. The van der Waals surface area contributed by atoms with Crippen molar-refractivity contribution in [1.82, 2.24) is 0 Å². The molecule has 0 aliphatic heterocycles.